The molecule has 0 bridgehead atoms. The fourth-order valence-corrected chi connectivity index (χ4v) is 2.84. The Kier molecular flexibility index (Phi) is 3.79. The molecule has 0 saturated heterocycles. The Labute approximate surface area is 125 Å². The number of hydrazone groups is 1. The lowest BCUT2D eigenvalue weighted by atomic mass is 10.1. The van der Waals surface area contributed by atoms with E-state index in [2.05, 4.69) is 15.8 Å². The summed E-state index contributed by atoms with van der Waals surface area (Å²) in [7, 11) is 0. The quantitative estimate of drug-likeness (QED) is 0.914. The van der Waals surface area contributed by atoms with Crippen LogP contribution in [-0.4, -0.2) is 17.5 Å². The van der Waals surface area contributed by atoms with Crippen LogP contribution in [0.4, 0.5) is 5.69 Å². The molecular formula is C15H13N3O2S. The fraction of sp³-hybridized carbons (Fsp3) is 0.133. The summed E-state index contributed by atoms with van der Waals surface area (Å²) in [6.07, 6.45) is 0.650. The number of rotatable bonds is 3. The highest BCUT2D eigenvalue weighted by atomic mass is 32.1. The van der Waals surface area contributed by atoms with E-state index in [0.717, 1.165) is 16.1 Å². The third kappa shape index (κ3) is 3.00. The molecule has 1 aromatic carbocycles. The molecule has 6 heteroatoms. The predicted octanol–water partition coefficient (Wildman–Crippen LogP) is 2.62. The van der Waals surface area contributed by atoms with Crippen LogP contribution in [0.3, 0.4) is 0 Å². The zero-order valence-corrected chi connectivity index (χ0v) is 11.9. The molecular weight excluding hydrogens is 286 g/mol. The number of anilines is 1. The Morgan fingerprint density at radius 2 is 2.05 bits per heavy atom. The first kappa shape index (κ1) is 13.5. The number of carbonyl (C=O) groups is 2. The van der Waals surface area contributed by atoms with E-state index in [0.29, 0.717) is 18.6 Å². The van der Waals surface area contributed by atoms with Gasteiger partial charge in [-0.15, -0.1) is 11.3 Å². The van der Waals surface area contributed by atoms with Crippen molar-refractivity contribution in [3.8, 4) is 10.4 Å². The van der Waals surface area contributed by atoms with E-state index in [1.54, 1.807) is 11.3 Å². The van der Waals surface area contributed by atoms with Gasteiger partial charge in [0, 0.05) is 29.0 Å². The second-order valence-electron chi connectivity index (χ2n) is 4.57. The Bertz CT molecular complexity index is 707. The summed E-state index contributed by atoms with van der Waals surface area (Å²) in [6, 6.07) is 11.6. The van der Waals surface area contributed by atoms with E-state index in [4.69, 9.17) is 0 Å². The van der Waals surface area contributed by atoms with Crippen LogP contribution in [0.5, 0.6) is 0 Å². The maximum absolute atomic E-state index is 12.2. The van der Waals surface area contributed by atoms with Gasteiger partial charge < -0.3 is 5.32 Å². The fourth-order valence-electron chi connectivity index (χ4n) is 2.07. The van der Waals surface area contributed by atoms with Crippen LogP contribution >= 0.6 is 11.3 Å². The van der Waals surface area contributed by atoms with Gasteiger partial charge in [0.25, 0.3) is 5.91 Å². The second-order valence-corrected chi connectivity index (χ2v) is 5.52. The van der Waals surface area contributed by atoms with Gasteiger partial charge in [0.2, 0.25) is 5.91 Å². The van der Waals surface area contributed by atoms with Gasteiger partial charge in [-0.3, -0.25) is 9.59 Å². The molecule has 21 heavy (non-hydrogen) atoms. The van der Waals surface area contributed by atoms with E-state index in [1.165, 1.54) is 0 Å². The van der Waals surface area contributed by atoms with Crippen LogP contribution in [0.15, 0.2) is 46.9 Å². The number of thiophene rings is 1. The molecule has 2 N–H and O–H groups in total. The smallest absolute Gasteiger partial charge is 0.271 e. The molecule has 0 radical (unpaired) electrons. The van der Waals surface area contributed by atoms with Crippen LogP contribution in [0.2, 0.25) is 0 Å². The molecule has 1 aliphatic heterocycles. The van der Waals surface area contributed by atoms with Gasteiger partial charge in [-0.2, -0.15) is 5.10 Å². The second kappa shape index (κ2) is 5.88. The number of para-hydroxylation sites is 1. The van der Waals surface area contributed by atoms with E-state index >= 15 is 0 Å². The Morgan fingerprint density at radius 3 is 2.76 bits per heavy atom. The van der Waals surface area contributed by atoms with Crippen LogP contribution in [0.1, 0.15) is 12.8 Å². The zero-order chi connectivity index (χ0) is 14.7. The number of amides is 2. The Hall–Kier alpha value is -2.47. The largest absolute Gasteiger partial charge is 0.320 e. The molecule has 2 aromatic rings. The molecule has 0 fully saturated rings. The molecule has 2 heterocycles. The van der Waals surface area contributed by atoms with Crippen LogP contribution in [0.25, 0.3) is 10.4 Å². The molecule has 0 aliphatic carbocycles. The van der Waals surface area contributed by atoms with Gasteiger partial charge in [-0.25, -0.2) is 5.43 Å². The van der Waals surface area contributed by atoms with Gasteiger partial charge in [0.1, 0.15) is 5.71 Å². The highest BCUT2D eigenvalue weighted by Crippen LogP contribution is 2.31. The average molecular weight is 299 g/mol. The van der Waals surface area contributed by atoms with E-state index < -0.39 is 0 Å². The first-order chi connectivity index (χ1) is 10.2. The summed E-state index contributed by atoms with van der Waals surface area (Å²) < 4.78 is 0. The monoisotopic (exact) mass is 299 g/mol. The Balaban J connectivity index is 1.82. The lowest BCUT2D eigenvalue weighted by molar-refractivity contribution is -0.121. The van der Waals surface area contributed by atoms with Crippen molar-refractivity contribution >= 4 is 34.6 Å². The van der Waals surface area contributed by atoms with Crippen molar-refractivity contribution in [3.05, 3.63) is 41.8 Å². The Morgan fingerprint density at radius 1 is 1.19 bits per heavy atom. The third-order valence-electron chi connectivity index (χ3n) is 3.13. The van der Waals surface area contributed by atoms with Crippen molar-refractivity contribution in [1.82, 2.24) is 5.43 Å². The lowest BCUT2D eigenvalue weighted by Gasteiger charge is -2.13. The summed E-state index contributed by atoms with van der Waals surface area (Å²) in [5, 5.41) is 8.67. The number of benzene rings is 1. The summed E-state index contributed by atoms with van der Waals surface area (Å²) in [6.45, 7) is 0. The standard InChI is InChI=1S/C15H13N3O2S/c19-14-8-7-12(17-18-14)15(20)16-11-5-2-1-4-10(11)13-6-3-9-21-13/h1-6,9H,7-8H2,(H,16,20)(H,18,19). The minimum atomic E-state index is -0.279. The predicted molar refractivity (Wildman–Crippen MR) is 83.2 cm³/mol. The van der Waals surface area contributed by atoms with Gasteiger partial charge in [-0.05, 0) is 17.5 Å². The van der Waals surface area contributed by atoms with Gasteiger partial charge in [-0.1, -0.05) is 24.3 Å². The molecule has 0 atom stereocenters. The first-order valence-corrected chi connectivity index (χ1v) is 7.41. The number of nitrogens with zero attached hydrogens (tertiary/aromatic N) is 1. The minimum Gasteiger partial charge on any atom is -0.320 e. The van der Waals surface area contributed by atoms with Gasteiger partial charge in [0.15, 0.2) is 0 Å². The van der Waals surface area contributed by atoms with Crippen molar-refractivity contribution in [1.29, 1.82) is 0 Å². The average Bonchev–Trinajstić information content (AvgIpc) is 3.02. The molecule has 5 nitrogen and oxygen atoms in total. The molecule has 3 rings (SSSR count). The minimum absolute atomic E-state index is 0.162. The number of nitrogens with one attached hydrogen (secondary N) is 2. The summed E-state index contributed by atoms with van der Waals surface area (Å²) >= 11 is 1.61. The number of carbonyl (C=O) groups excluding carboxylic acids is 2. The van der Waals surface area contributed by atoms with Crippen molar-refractivity contribution in [2.75, 3.05) is 5.32 Å². The van der Waals surface area contributed by atoms with E-state index in [1.807, 2.05) is 41.8 Å². The van der Waals surface area contributed by atoms with Crippen molar-refractivity contribution in [2.24, 2.45) is 5.10 Å². The molecule has 0 spiro atoms. The molecule has 1 aliphatic rings. The molecule has 0 saturated carbocycles. The molecule has 2 amide bonds. The highest BCUT2D eigenvalue weighted by molar-refractivity contribution is 7.13. The van der Waals surface area contributed by atoms with Crippen LogP contribution in [0, 0.1) is 0 Å². The first-order valence-electron chi connectivity index (χ1n) is 6.54. The zero-order valence-electron chi connectivity index (χ0n) is 11.1. The van der Waals surface area contributed by atoms with Crippen molar-refractivity contribution < 1.29 is 9.59 Å². The highest BCUT2D eigenvalue weighted by Gasteiger charge is 2.19. The molecule has 1 aromatic heterocycles. The third-order valence-corrected chi connectivity index (χ3v) is 4.03. The summed E-state index contributed by atoms with van der Waals surface area (Å²) in [4.78, 5) is 24.3. The van der Waals surface area contributed by atoms with Gasteiger partial charge >= 0.3 is 0 Å². The summed E-state index contributed by atoms with van der Waals surface area (Å²) in [5.41, 5.74) is 4.39. The van der Waals surface area contributed by atoms with Crippen molar-refractivity contribution in [2.45, 2.75) is 12.8 Å². The van der Waals surface area contributed by atoms with E-state index in [-0.39, 0.29) is 11.8 Å². The van der Waals surface area contributed by atoms with Crippen LogP contribution < -0.4 is 10.7 Å². The number of hydrogen-bond acceptors (Lipinski definition) is 4. The van der Waals surface area contributed by atoms with Gasteiger partial charge in [0.05, 0.1) is 0 Å². The van der Waals surface area contributed by atoms with Crippen molar-refractivity contribution in [3.63, 3.8) is 0 Å². The molecule has 0 unspecified atom stereocenters. The number of hydrogen-bond donors (Lipinski definition) is 2. The normalized spacial score (nSPS) is 14.3. The summed E-state index contributed by atoms with van der Waals surface area (Å²) in [5.74, 6) is -0.440. The lowest BCUT2D eigenvalue weighted by Crippen LogP contribution is -2.32. The topological polar surface area (TPSA) is 70.6 Å². The molecule has 106 valence electrons. The van der Waals surface area contributed by atoms with Crippen LogP contribution in [-0.2, 0) is 9.59 Å². The SMILES string of the molecule is O=C1CCC(C(=O)Nc2ccccc2-c2cccs2)=NN1. The van der Waals surface area contributed by atoms with E-state index in [9.17, 15) is 9.59 Å². The maximum atomic E-state index is 12.2. The maximum Gasteiger partial charge on any atom is 0.271 e.